The van der Waals surface area contributed by atoms with E-state index in [1.54, 1.807) is 13.8 Å². The number of halogens is 1. The van der Waals surface area contributed by atoms with Gasteiger partial charge in [0.2, 0.25) is 0 Å². The minimum Gasteiger partial charge on any atom is -0.481 e. The topological polar surface area (TPSA) is 71.4 Å². The van der Waals surface area contributed by atoms with Crippen LogP contribution in [-0.2, 0) is 20.0 Å². The van der Waals surface area contributed by atoms with Gasteiger partial charge >= 0.3 is 5.97 Å². The lowest BCUT2D eigenvalue weighted by Crippen LogP contribution is -2.23. The lowest BCUT2D eigenvalue weighted by molar-refractivity contribution is -0.138. The Morgan fingerprint density at radius 2 is 1.94 bits per heavy atom. The zero-order chi connectivity index (χ0) is 14.1. The molecule has 6 heteroatoms. The second-order valence-electron chi connectivity index (χ2n) is 4.87. The van der Waals surface area contributed by atoms with E-state index in [9.17, 15) is 17.6 Å². The molecule has 0 radical (unpaired) electrons. The molecule has 1 rings (SSSR count). The highest BCUT2D eigenvalue weighted by Gasteiger charge is 2.27. The van der Waals surface area contributed by atoms with Gasteiger partial charge in [0, 0.05) is 11.7 Å². The molecular weight excluding hydrogens is 259 g/mol. The van der Waals surface area contributed by atoms with Crippen molar-refractivity contribution in [1.82, 2.24) is 0 Å². The third kappa shape index (κ3) is 3.29. The molecule has 0 spiro atoms. The van der Waals surface area contributed by atoms with Crippen molar-refractivity contribution >= 4 is 15.8 Å². The number of hydrogen-bond donors (Lipinski definition) is 1. The molecule has 0 aromatic heterocycles. The monoisotopic (exact) mass is 274 g/mol. The molecule has 0 heterocycles. The normalized spacial score (nSPS) is 12.4. The summed E-state index contributed by atoms with van der Waals surface area (Å²) in [6.45, 7) is 3.19. The number of rotatable bonds is 4. The quantitative estimate of drug-likeness (QED) is 0.911. The molecule has 1 N–H and O–H groups in total. The average Bonchev–Trinajstić information content (AvgIpc) is 2.13. The van der Waals surface area contributed by atoms with Gasteiger partial charge in [-0.15, -0.1) is 0 Å². The Hall–Kier alpha value is -1.43. The lowest BCUT2D eigenvalue weighted by Gasteiger charge is -2.23. The van der Waals surface area contributed by atoms with E-state index in [-0.39, 0.29) is 16.9 Å². The Kier molecular flexibility index (Phi) is 3.81. The Morgan fingerprint density at radius 1 is 1.39 bits per heavy atom. The largest absolute Gasteiger partial charge is 0.481 e. The van der Waals surface area contributed by atoms with Crippen molar-refractivity contribution in [1.29, 1.82) is 0 Å². The number of carboxylic acids is 1. The van der Waals surface area contributed by atoms with Gasteiger partial charge < -0.3 is 5.11 Å². The van der Waals surface area contributed by atoms with Crippen LogP contribution in [0.1, 0.15) is 25.8 Å². The van der Waals surface area contributed by atoms with Crippen LogP contribution in [0, 0.1) is 5.82 Å². The van der Waals surface area contributed by atoms with E-state index < -0.39 is 27.0 Å². The summed E-state index contributed by atoms with van der Waals surface area (Å²) in [5.41, 5.74) is -0.705. The summed E-state index contributed by atoms with van der Waals surface area (Å²) in [6.07, 6.45) is 0.756. The predicted octanol–water partition coefficient (Wildman–Crippen LogP) is 1.98. The molecule has 0 bridgehead atoms. The van der Waals surface area contributed by atoms with Crippen molar-refractivity contribution < 1.29 is 22.7 Å². The first-order chi connectivity index (χ1) is 8.04. The zero-order valence-corrected chi connectivity index (χ0v) is 11.2. The number of sulfone groups is 1. The fraction of sp³-hybridized carbons (Fsp3) is 0.417. The van der Waals surface area contributed by atoms with Crippen LogP contribution in [0.25, 0.3) is 0 Å². The number of carbonyl (C=O) groups is 1. The molecule has 0 aliphatic heterocycles. The zero-order valence-electron chi connectivity index (χ0n) is 10.4. The van der Waals surface area contributed by atoms with Crippen LogP contribution in [0.4, 0.5) is 4.39 Å². The molecule has 0 fully saturated rings. The van der Waals surface area contributed by atoms with Crippen molar-refractivity contribution in [2.24, 2.45) is 0 Å². The minimum atomic E-state index is -3.47. The van der Waals surface area contributed by atoms with Crippen molar-refractivity contribution in [3.8, 4) is 0 Å². The number of carboxylic acid groups (broad SMARTS) is 1. The van der Waals surface area contributed by atoms with Crippen LogP contribution < -0.4 is 0 Å². The second kappa shape index (κ2) is 4.68. The molecule has 4 nitrogen and oxygen atoms in total. The molecule has 1 aromatic rings. The number of benzene rings is 1. The van der Waals surface area contributed by atoms with Crippen molar-refractivity contribution in [2.75, 3.05) is 6.26 Å². The smallest absolute Gasteiger partial charge is 0.304 e. The number of hydrogen-bond acceptors (Lipinski definition) is 3. The molecule has 0 saturated heterocycles. The van der Waals surface area contributed by atoms with Crippen LogP contribution >= 0.6 is 0 Å². The first-order valence-electron chi connectivity index (χ1n) is 5.26. The van der Waals surface area contributed by atoms with Gasteiger partial charge in [0.05, 0.1) is 11.3 Å². The van der Waals surface area contributed by atoms with Crippen LogP contribution in [0.2, 0.25) is 0 Å². The van der Waals surface area contributed by atoms with Gasteiger partial charge in [-0.1, -0.05) is 19.9 Å². The summed E-state index contributed by atoms with van der Waals surface area (Å²) >= 11 is 0. The standard InChI is InChI=1S/C12H15FO4S/c1-12(2,7-11(14)15)9-5-4-8(6-10(9)13)18(3,16)17/h4-6H,7H2,1-3H3,(H,14,15). The lowest BCUT2D eigenvalue weighted by atomic mass is 9.81. The summed E-state index contributed by atoms with van der Waals surface area (Å²) in [5, 5.41) is 8.77. The van der Waals surface area contributed by atoms with Gasteiger partial charge in [0.25, 0.3) is 0 Å². The third-order valence-electron chi connectivity index (χ3n) is 2.69. The fourth-order valence-electron chi connectivity index (χ4n) is 1.75. The molecule has 0 amide bonds. The summed E-state index contributed by atoms with van der Waals surface area (Å²) in [6, 6.07) is 3.54. The minimum absolute atomic E-state index is 0.116. The summed E-state index contributed by atoms with van der Waals surface area (Å²) < 4.78 is 36.4. The van der Waals surface area contributed by atoms with Crippen LogP contribution in [-0.4, -0.2) is 25.7 Å². The molecule has 18 heavy (non-hydrogen) atoms. The van der Waals surface area contributed by atoms with E-state index in [1.807, 2.05) is 0 Å². The summed E-state index contributed by atoms with van der Waals surface area (Å²) in [7, 11) is -3.47. The molecular formula is C12H15FO4S. The fourth-order valence-corrected chi connectivity index (χ4v) is 2.38. The Labute approximate surface area is 105 Å². The number of aliphatic carboxylic acids is 1. The van der Waals surface area contributed by atoms with E-state index in [1.165, 1.54) is 12.1 Å². The Bertz CT molecular complexity index is 576. The molecule has 100 valence electrons. The van der Waals surface area contributed by atoms with E-state index in [2.05, 4.69) is 0 Å². The van der Waals surface area contributed by atoms with Gasteiger partial charge in [-0.3, -0.25) is 4.79 Å². The van der Waals surface area contributed by atoms with E-state index in [0.717, 1.165) is 12.3 Å². The molecule has 0 aliphatic carbocycles. The Morgan fingerprint density at radius 3 is 2.33 bits per heavy atom. The van der Waals surface area contributed by atoms with Gasteiger partial charge in [-0.2, -0.15) is 0 Å². The third-order valence-corrected chi connectivity index (χ3v) is 3.80. The van der Waals surface area contributed by atoms with Gasteiger partial charge in [-0.05, 0) is 17.7 Å². The predicted molar refractivity (Wildman–Crippen MR) is 64.8 cm³/mol. The highest BCUT2D eigenvalue weighted by atomic mass is 32.2. The van der Waals surface area contributed by atoms with Gasteiger partial charge in [-0.25, -0.2) is 12.8 Å². The van der Waals surface area contributed by atoms with Gasteiger partial charge in [0.1, 0.15) is 5.82 Å². The maximum atomic E-state index is 13.9. The van der Waals surface area contributed by atoms with Crippen molar-refractivity contribution in [2.45, 2.75) is 30.6 Å². The van der Waals surface area contributed by atoms with Crippen molar-refractivity contribution in [3.05, 3.63) is 29.6 Å². The molecule has 0 aliphatic rings. The maximum Gasteiger partial charge on any atom is 0.304 e. The maximum absolute atomic E-state index is 13.9. The first-order valence-corrected chi connectivity index (χ1v) is 7.15. The highest BCUT2D eigenvalue weighted by Crippen LogP contribution is 2.30. The van der Waals surface area contributed by atoms with E-state index in [4.69, 9.17) is 5.11 Å². The molecule has 0 atom stereocenters. The average molecular weight is 274 g/mol. The second-order valence-corrected chi connectivity index (χ2v) is 6.88. The van der Waals surface area contributed by atoms with Crippen LogP contribution in [0.3, 0.4) is 0 Å². The summed E-state index contributed by atoms with van der Waals surface area (Å²) in [5.74, 6) is -1.74. The molecule has 1 aromatic carbocycles. The first kappa shape index (κ1) is 14.6. The SMILES string of the molecule is CC(C)(CC(=O)O)c1ccc(S(C)(=O)=O)cc1F. The molecule has 0 saturated carbocycles. The van der Waals surface area contributed by atoms with Gasteiger partial charge in [0.15, 0.2) is 9.84 Å². The summed E-state index contributed by atoms with van der Waals surface area (Å²) in [4.78, 5) is 10.6. The van der Waals surface area contributed by atoms with E-state index >= 15 is 0 Å². The molecule has 0 unspecified atom stereocenters. The highest BCUT2D eigenvalue weighted by molar-refractivity contribution is 7.90. The van der Waals surface area contributed by atoms with Crippen LogP contribution in [0.15, 0.2) is 23.1 Å². The Balaban J connectivity index is 3.25. The van der Waals surface area contributed by atoms with Crippen LogP contribution in [0.5, 0.6) is 0 Å². The van der Waals surface area contributed by atoms with Crippen molar-refractivity contribution in [3.63, 3.8) is 0 Å². The van der Waals surface area contributed by atoms with E-state index in [0.29, 0.717) is 0 Å².